The fraction of sp³-hybridized carbons (Fsp3) is 0.714. The van der Waals surface area contributed by atoms with E-state index in [2.05, 4.69) is 43.8 Å². The zero-order chi connectivity index (χ0) is 16.5. The quantitative estimate of drug-likeness (QED) is 0.776. The van der Waals surface area contributed by atoms with Gasteiger partial charge in [0.1, 0.15) is 15.9 Å². The van der Waals surface area contributed by atoms with Crippen molar-refractivity contribution in [2.75, 3.05) is 12.0 Å². The Bertz CT molecular complexity index is 577. The summed E-state index contributed by atoms with van der Waals surface area (Å²) in [5, 5.41) is -0.00650. The van der Waals surface area contributed by atoms with E-state index < -0.39 is 24.3 Å². The van der Waals surface area contributed by atoms with Crippen LogP contribution >= 0.6 is 0 Å². The van der Waals surface area contributed by atoms with Crippen LogP contribution in [0, 0.1) is 6.92 Å². The van der Waals surface area contributed by atoms with E-state index in [1.54, 1.807) is 12.4 Å². The van der Waals surface area contributed by atoms with Crippen LogP contribution in [0.1, 0.15) is 38.3 Å². The third-order valence-electron chi connectivity index (χ3n) is 3.79. The molecular formula is C14H26N2O3SSi. The average Bonchev–Trinajstić information content (AvgIpc) is 2.25. The molecule has 0 aromatic carbocycles. The van der Waals surface area contributed by atoms with Crippen LogP contribution in [0.15, 0.2) is 12.4 Å². The summed E-state index contributed by atoms with van der Waals surface area (Å²) < 4.78 is 29.6. The molecule has 0 amide bonds. The van der Waals surface area contributed by atoms with Crippen LogP contribution in [-0.4, -0.2) is 38.7 Å². The minimum absolute atomic E-state index is 0.00650. The lowest BCUT2D eigenvalue weighted by molar-refractivity contribution is 0.195. The lowest BCUT2D eigenvalue weighted by Crippen LogP contribution is -2.43. The molecular weight excluding hydrogens is 304 g/mol. The minimum atomic E-state index is -3.18. The maximum Gasteiger partial charge on any atom is 0.193 e. The summed E-state index contributed by atoms with van der Waals surface area (Å²) in [6, 6.07) is 0. The van der Waals surface area contributed by atoms with Gasteiger partial charge < -0.3 is 4.43 Å². The second-order valence-electron chi connectivity index (χ2n) is 7.08. The van der Waals surface area contributed by atoms with E-state index in [0.29, 0.717) is 5.82 Å². The molecule has 0 aliphatic heterocycles. The molecule has 0 fully saturated rings. The van der Waals surface area contributed by atoms with E-state index in [4.69, 9.17) is 4.43 Å². The normalized spacial score (nSPS) is 15.0. The highest BCUT2D eigenvalue weighted by molar-refractivity contribution is 7.90. The summed E-state index contributed by atoms with van der Waals surface area (Å²) in [4.78, 5) is 8.50. The summed E-state index contributed by atoms with van der Waals surface area (Å²) in [6.07, 6.45) is 3.98. The molecule has 0 aliphatic rings. The number of aryl methyl sites for hydroxylation is 1. The van der Waals surface area contributed by atoms with Crippen molar-refractivity contribution in [2.24, 2.45) is 0 Å². The van der Waals surface area contributed by atoms with Crippen molar-refractivity contribution in [2.45, 2.75) is 51.9 Å². The fourth-order valence-electron chi connectivity index (χ4n) is 1.54. The Balaban J connectivity index is 3.12. The molecule has 0 N–H and O–H groups in total. The SMILES string of the molecule is Cc1cnc([C@@H](CS(C)(=O)=O)O[Si](C)(C)C(C)(C)C)nc1. The zero-order valence-electron chi connectivity index (χ0n) is 14.0. The Morgan fingerprint density at radius 3 is 2.10 bits per heavy atom. The minimum Gasteiger partial charge on any atom is -0.406 e. The third kappa shape index (κ3) is 5.48. The van der Waals surface area contributed by atoms with E-state index in [0.717, 1.165) is 5.56 Å². The van der Waals surface area contributed by atoms with Crippen LogP contribution in [0.2, 0.25) is 18.1 Å². The van der Waals surface area contributed by atoms with Gasteiger partial charge in [-0.15, -0.1) is 0 Å². The van der Waals surface area contributed by atoms with Gasteiger partial charge in [0, 0.05) is 18.6 Å². The Morgan fingerprint density at radius 2 is 1.71 bits per heavy atom. The van der Waals surface area contributed by atoms with Crippen molar-refractivity contribution < 1.29 is 12.8 Å². The summed E-state index contributed by atoms with van der Waals surface area (Å²) in [6.45, 7) is 12.4. The number of hydrogen-bond donors (Lipinski definition) is 0. The first kappa shape index (κ1) is 18.3. The number of rotatable bonds is 5. The first-order valence-corrected chi connectivity index (χ1v) is 11.9. The topological polar surface area (TPSA) is 69.2 Å². The van der Waals surface area contributed by atoms with Crippen molar-refractivity contribution >= 4 is 18.2 Å². The smallest absolute Gasteiger partial charge is 0.193 e. The Labute approximate surface area is 129 Å². The predicted molar refractivity (Wildman–Crippen MR) is 87.5 cm³/mol. The summed E-state index contributed by atoms with van der Waals surface area (Å²) in [5.74, 6) is 0.346. The van der Waals surface area contributed by atoms with Gasteiger partial charge in [0.15, 0.2) is 14.1 Å². The van der Waals surface area contributed by atoms with Crippen molar-refractivity contribution in [3.63, 3.8) is 0 Å². The van der Waals surface area contributed by atoms with Gasteiger partial charge >= 0.3 is 0 Å². The molecule has 0 bridgehead atoms. The number of aromatic nitrogens is 2. The predicted octanol–water partition coefficient (Wildman–Crippen LogP) is 2.89. The van der Waals surface area contributed by atoms with Crippen LogP contribution in [0.25, 0.3) is 0 Å². The molecule has 1 aromatic rings. The molecule has 120 valence electrons. The van der Waals surface area contributed by atoms with Gasteiger partial charge in [-0.2, -0.15) is 0 Å². The number of nitrogens with zero attached hydrogens (tertiary/aromatic N) is 2. The maximum atomic E-state index is 11.7. The Kier molecular flexibility index (Phi) is 5.34. The second-order valence-corrected chi connectivity index (χ2v) is 14.0. The molecule has 1 heterocycles. The first-order chi connectivity index (χ1) is 9.32. The summed E-state index contributed by atoms with van der Waals surface area (Å²) in [5.41, 5.74) is 0.934. The van der Waals surface area contributed by atoms with E-state index in [9.17, 15) is 8.42 Å². The van der Waals surface area contributed by atoms with Gasteiger partial charge in [0.2, 0.25) is 0 Å². The Morgan fingerprint density at radius 1 is 1.24 bits per heavy atom. The maximum absolute atomic E-state index is 11.7. The molecule has 0 radical (unpaired) electrons. The van der Waals surface area contributed by atoms with Crippen LogP contribution in [0.5, 0.6) is 0 Å². The number of hydrogen-bond acceptors (Lipinski definition) is 5. The second kappa shape index (κ2) is 6.14. The molecule has 0 aliphatic carbocycles. The first-order valence-electron chi connectivity index (χ1n) is 6.96. The summed E-state index contributed by atoms with van der Waals surface area (Å²) >= 11 is 0. The zero-order valence-corrected chi connectivity index (χ0v) is 15.8. The molecule has 0 saturated carbocycles. The highest BCUT2D eigenvalue weighted by Crippen LogP contribution is 2.39. The van der Waals surface area contributed by atoms with E-state index >= 15 is 0 Å². The van der Waals surface area contributed by atoms with E-state index in [1.165, 1.54) is 6.26 Å². The fourth-order valence-corrected chi connectivity index (χ4v) is 3.68. The molecule has 21 heavy (non-hydrogen) atoms. The largest absolute Gasteiger partial charge is 0.406 e. The molecule has 0 saturated heterocycles. The lowest BCUT2D eigenvalue weighted by Gasteiger charge is -2.38. The highest BCUT2D eigenvalue weighted by atomic mass is 32.2. The monoisotopic (exact) mass is 330 g/mol. The molecule has 0 spiro atoms. The highest BCUT2D eigenvalue weighted by Gasteiger charge is 2.40. The molecule has 1 rings (SSSR count). The van der Waals surface area contributed by atoms with Gasteiger partial charge in [-0.3, -0.25) is 0 Å². The van der Waals surface area contributed by atoms with Gasteiger partial charge in [-0.05, 0) is 30.6 Å². The Hall–Kier alpha value is -0.793. The van der Waals surface area contributed by atoms with Crippen LogP contribution in [-0.2, 0) is 14.3 Å². The molecule has 1 atom stereocenters. The van der Waals surface area contributed by atoms with E-state index in [-0.39, 0.29) is 10.8 Å². The number of sulfone groups is 1. The summed E-state index contributed by atoms with van der Waals surface area (Å²) in [7, 11) is -5.29. The van der Waals surface area contributed by atoms with Crippen LogP contribution in [0.4, 0.5) is 0 Å². The average molecular weight is 331 g/mol. The van der Waals surface area contributed by atoms with Gasteiger partial charge in [0.25, 0.3) is 0 Å². The van der Waals surface area contributed by atoms with Crippen LogP contribution in [0.3, 0.4) is 0 Å². The van der Waals surface area contributed by atoms with Crippen molar-refractivity contribution in [3.05, 3.63) is 23.8 Å². The van der Waals surface area contributed by atoms with Crippen molar-refractivity contribution in [1.82, 2.24) is 9.97 Å². The van der Waals surface area contributed by atoms with Gasteiger partial charge in [0.05, 0.1) is 5.75 Å². The van der Waals surface area contributed by atoms with Gasteiger partial charge in [-0.1, -0.05) is 20.8 Å². The third-order valence-corrected chi connectivity index (χ3v) is 9.18. The molecule has 0 unspecified atom stereocenters. The van der Waals surface area contributed by atoms with Crippen molar-refractivity contribution in [3.8, 4) is 0 Å². The lowest BCUT2D eigenvalue weighted by atomic mass is 10.2. The van der Waals surface area contributed by atoms with E-state index in [1.807, 2.05) is 6.92 Å². The molecule has 5 nitrogen and oxygen atoms in total. The standard InChI is InChI=1S/C14H26N2O3SSi/c1-11-8-15-13(16-9-11)12(10-20(5,17)18)19-21(6,7)14(2,3)4/h8-9,12H,10H2,1-7H3/t12-/m1/s1. The molecule has 1 aromatic heterocycles. The van der Waals surface area contributed by atoms with Crippen LogP contribution < -0.4 is 0 Å². The molecule has 7 heteroatoms. The van der Waals surface area contributed by atoms with Gasteiger partial charge in [-0.25, -0.2) is 18.4 Å². The van der Waals surface area contributed by atoms with Crippen molar-refractivity contribution in [1.29, 1.82) is 0 Å².